The molecule has 4 heteroatoms. The molecule has 2 aromatic rings. The molecule has 3 nitrogen and oxygen atoms in total. The van der Waals surface area contributed by atoms with Gasteiger partial charge in [-0.1, -0.05) is 36.4 Å². The van der Waals surface area contributed by atoms with Crippen LogP contribution in [0.2, 0.25) is 0 Å². The molecular weight excluding hydrogens is 304 g/mol. The number of ether oxygens (including phenoxy) is 1. The van der Waals surface area contributed by atoms with Crippen molar-refractivity contribution in [3.63, 3.8) is 0 Å². The summed E-state index contributed by atoms with van der Waals surface area (Å²) in [5.74, 6) is 0. The Morgan fingerprint density at radius 2 is 2.04 bits per heavy atom. The molecule has 4 rings (SSSR count). The maximum absolute atomic E-state index is 9.03. The average Bonchev–Trinajstić information content (AvgIpc) is 3.05. The first-order chi connectivity index (χ1) is 11.3. The summed E-state index contributed by atoms with van der Waals surface area (Å²) in [6.07, 6.45) is 3.33. The summed E-state index contributed by atoms with van der Waals surface area (Å²) >= 11 is 1.59. The number of hydrogen-bond acceptors (Lipinski definition) is 4. The zero-order chi connectivity index (χ0) is 15.6. The van der Waals surface area contributed by atoms with Crippen molar-refractivity contribution in [2.75, 3.05) is 13.2 Å². The fourth-order valence-corrected chi connectivity index (χ4v) is 4.29. The molecule has 0 aliphatic carbocycles. The van der Waals surface area contributed by atoms with E-state index in [0.717, 1.165) is 31.1 Å². The van der Waals surface area contributed by atoms with Gasteiger partial charge in [-0.2, -0.15) is 5.26 Å². The molecule has 2 unspecified atom stereocenters. The molecule has 0 saturated carbocycles. The van der Waals surface area contributed by atoms with E-state index in [1.165, 1.54) is 16.0 Å². The van der Waals surface area contributed by atoms with Crippen LogP contribution in [-0.4, -0.2) is 30.2 Å². The molecule has 1 saturated heterocycles. The van der Waals surface area contributed by atoms with Crippen molar-refractivity contribution in [3.05, 3.63) is 63.9 Å². The normalized spacial score (nSPS) is 24.0. The number of fused-ring (bicyclic) bond motifs is 2. The summed E-state index contributed by atoms with van der Waals surface area (Å²) in [5, 5.41) is 9.03. The Kier molecular flexibility index (Phi) is 4.00. The highest BCUT2D eigenvalue weighted by Crippen LogP contribution is 2.36. The lowest BCUT2D eigenvalue weighted by molar-refractivity contribution is -0.0402. The molecule has 23 heavy (non-hydrogen) atoms. The standard InChI is InChI=1S/C19H18N2OS/c20-10-18-6-7-19(23-18)15-8-16-12-22-13-17(9-15)21(16)11-14-4-2-1-3-5-14/h1-8,16-17H,9,11-13H2. The summed E-state index contributed by atoms with van der Waals surface area (Å²) in [7, 11) is 0. The molecule has 1 aromatic carbocycles. The van der Waals surface area contributed by atoms with E-state index in [-0.39, 0.29) is 0 Å². The second kappa shape index (κ2) is 6.29. The molecule has 0 amide bonds. The minimum atomic E-state index is 0.324. The van der Waals surface area contributed by atoms with E-state index in [9.17, 15) is 0 Å². The Labute approximate surface area is 140 Å². The third-order valence-electron chi connectivity index (χ3n) is 4.58. The molecule has 2 atom stereocenters. The minimum Gasteiger partial charge on any atom is -0.378 e. The van der Waals surface area contributed by atoms with Crippen molar-refractivity contribution < 1.29 is 4.74 Å². The van der Waals surface area contributed by atoms with Gasteiger partial charge < -0.3 is 4.74 Å². The van der Waals surface area contributed by atoms with Crippen LogP contribution in [0.1, 0.15) is 21.7 Å². The highest BCUT2D eigenvalue weighted by Gasteiger charge is 2.35. The van der Waals surface area contributed by atoms with Gasteiger partial charge in [-0.3, -0.25) is 4.90 Å². The topological polar surface area (TPSA) is 36.3 Å². The van der Waals surface area contributed by atoms with Gasteiger partial charge in [0.1, 0.15) is 10.9 Å². The van der Waals surface area contributed by atoms with Gasteiger partial charge in [0.15, 0.2) is 0 Å². The molecular formula is C19H18N2OS. The van der Waals surface area contributed by atoms with Crippen molar-refractivity contribution >= 4 is 16.9 Å². The summed E-state index contributed by atoms with van der Waals surface area (Å²) in [5.41, 5.74) is 2.73. The number of thiophene rings is 1. The van der Waals surface area contributed by atoms with E-state index < -0.39 is 0 Å². The summed E-state index contributed by atoms with van der Waals surface area (Å²) in [4.78, 5) is 4.58. The van der Waals surface area contributed by atoms with Gasteiger partial charge in [0.2, 0.25) is 0 Å². The van der Waals surface area contributed by atoms with Gasteiger partial charge >= 0.3 is 0 Å². The SMILES string of the molecule is N#Cc1ccc(C2=CC3COCC(C2)N3Cc2ccccc2)s1. The third-order valence-corrected chi connectivity index (χ3v) is 5.65. The van der Waals surface area contributed by atoms with Crippen molar-refractivity contribution in [2.45, 2.75) is 25.0 Å². The molecule has 116 valence electrons. The first kappa shape index (κ1) is 14.6. The quantitative estimate of drug-likeness (QED) is 0.865. The van der Waals surface area contributed by atoms with Gasteiger partial charge in [-0.15, -0.1) is 11.3 Å². The largest absolute Gasteiger partial charge is 0.378 e. The Bertz CT molecular complexity index is 759. The fraction of sp³-hybridized carbons (Fsp3) is 0.316. The zero-order valence-corrected chi connectivity index (χ0v) is 13.6. The molecule has 1 aromatic heterocycles. The lowest BCUT2D eigenvalue weighted by atomic mass is 9.92. The molecule has 3 heterocycles. The van der Waals surface area contributed by atoms with Crippen LogP contribution in [-0.2, 0) is 11.3 Å². The Morgan fingerprint density at radius 1 is 1.17 bits per heavy atom. The van der Waals surface area contributed by atoms with Crippen molar-refractivity contribution in [3.8, 4) is 6.07 Å². The van der Waals surface area contributed by atoms with E-state index in [0.29, 0.717) is 12.1 Å². The molecule has 2 bridgehead atoms. The molecule has 2 aliphatic rings. The number of benzene rings is 1. The lowest BCUT2D eigenvalue weighted by Crippen LogP contribution is -2.53. The van der Waals surface area contributed by atoms with Crippen LogP contribution in [0.25, 0.3) is 5.57 Å². The second-order valence-corrected chi connectivity index (χ2v) is 7.17. The Hall–Kier alpha value is -1.93. The van der Waals surface area contributed by atoms with Crippen molar-refractivity contribution in [1.29, 1.82) is 5.26 Å². The minimum absolute atomic E-state index is 0.324. The summed E-state index contributed by atoms with van der Waals surface area (Å²) < 4.78 is 5.78. The predicted octanol–water partition coefficient (Wildman–Crippen LogP) is 3.68. The van der Waals surface area contributed by atoms with Gasteiger partial charge in [-0.25, -0.2) is 0 Å². The predicted molar refractivity (Wildman–Crippen MR) is 92.0 cm³/mol. The first-order valence-electron chi connectivity index (χ1n) is 7.92. The van der Waals surface area contributed by atoms with Crippen LogP contribution in [0.4, 0.5) is 0 Å². The van der Waals surface area contributed by atoms with E-state index in [2.05, 4.69) is 53.4 Å². The monoisotopic (exact) mass is 322 g/mol. The molecule has 2 aliphatic heterocycles. The van der Waals surface area contributed by atoms with Crippen LogP contribution in [0.5, 0.6) is 0 Å². The fourth-order valence-electron chi connectivity index (χ4n) is 3.46. The van der Waals surface area contributed by atoms with Crippen LogP contribution in [0.3, 0.4) is 0 Å². The van der Waals surface area contributed by atoms with Gasteiger partial charge in [0, 0.05) is 17.5 Å². The maximum Gasteiger partial charge on any atom is 0.110 e. The number of nitrogens with zero attached hydrogens (tertiary/aromatic N) is 2. The highest BCUT2D eigenvalue weighted by atomic mass is 32.1. The van der Waals surface area contributed by atoms with Crippen molar-refractivity contribution in [2.24, 2.45) is 0 Å². The second-order valence-electron chi connectivity index (χ2n) is 6.09. The molecule has 0 N–H and O–H groups in total. The Morgan fingerprint density at radius 3 is 2.78 bits per heavy atom. The van der Waals surface area contributed by atoms with Crippen molar-refractivity contribution in [1.82, 2.24) is 4.90 Å². The van der Waals surface area contributed by atoms with Crippen LogP contribution < -0.4 is 0 Å². The number of rotatable bonds is 3. The lowest BCUT2D eigenvalue weighted by Gasteiger charge is -2.44. The van der Waals surface area contributed by atoms with Crippen LogP contribution >= 0.6 is 11.3 Å². The van der Waals surface area contributed by atoms with E-state index >= 15 is 0 Å². The molecule has 0 radical (unpaired) electrons. The van der Waals surface area contributed by atoms with E-state index in [1.807, 2.05) is 6.07 Å². The van der Waals surface area contributed by atoms with Crippen LogP contribution in [0, 0.1) is 11.3 Å². The Balaban J connectivity index is 1.59. The maximum atomic E-state index is 9.03. The van der Waals surface area contributed by atoms with Gasteiger partial charge in [-0.05, 0) is 29.7 Å². The third kappa shape index (κ3) is 2.96. The molecule has 1 fully saturated rings. The highest BCUT2D eigenvalue weighted by molar-refractivity contribution is 7.13. The number of nitriles is 1. The first-order valence-corrected chi connectivity index (χ1v) is 8.73. The van der Waals surface area contributed by atoms with Crippen LogP contribution in [0.15, 0.2) is 48.5 Å². The smallest absolute Gasteiger partial charge is 0.110 e. The van der Waals surface area contributed by atoms with Gasteiger partial charge in [0.25, 0.3) is 0 Å². The zero-order valence-electron chi connectivity index (χ0n) is 12.8. The summed E-state index contributed by atoms with van der Waals surface area (Å²) in [6.45, 7) is 2.51. The number of hydrogen-bond donors (Lipinski definition) is 0. The summed E-state index contributed by atoms with van der Waals surface area (Å²) in [6, 6.07) is 17.6. The average molecular weight is 322 g/mol. The molecule has 0 spiro atoms. The number of morpholine rings is 1. The van der Waals surface area contributed by atoms with E-state index in [1.54, 1.807) is 11.3 Å². The van der Waals surface area contributed by atoms with E-state index in [4.69, 9.17) is 10.00 Å². The van der Waals surface area contributed by atoms with Gasteiger partial charge in [0.05, 0.1) is 19.3 Å².